The van der Waals surface area contributed by atoms with Gasteiger partial charge in [-0.1, -0.05) is 13.8 Å². The summed E-state index contributed by atoms with van der Waals surface area (Å²) in [7, 11) is 0. The first-order valence-electron chi connectivity index (χ1n) is 5.20. The molecule has 1 atom stereocenters. The molecular formula is C12H14ClF3. The molecule has 1 rings (SSSR count). The summed E-state index contributed by atoms with van der Waals surface area (Å²) in [6, 6.07) is 1.37. The molecule has 1 aromatic rings. The van der Waals surface area contributed by atoms with Gasteiger partial charge in [0.25, 0.3) is 0 Å². The molecule has 0 saturated carbocycles. The van der Waals surface area contributed by atoms with Crippen LogP contribution in [0.5, 0.6) is 0 Å². The molecule has 0 aliphatic rings. The second-order valence-corrected chi connectivity index (χ2v) is 4.75. The molecule has 0 N–H and O–H groups in total. The van der Waals surface area contributed by atoms with E-state index in [0.717, 1.165) is 12.5 Å². The van der Waals surface area contributed by atoms with Crippen LogP contribution in [0.15, 0.2) is 12.1 Å². The number of benzene rings is 1. The number of rotatable bonds is 4. The quantitative estimate of drug-likeness (QED) is 0.531. The Bertz CT molecular complexity index is 364. The molecular weight excluding hydrogens is 237 g/mol. The van der Waals surface area contributed by atoms with Crippen LogP contribution in [0.4, 0.5) is 13.2 Å². The van der Waals surface area contributed by atoms with Crippen molar-refractivity contribution >= 4 is 11.6 Å². The monoisotopic (exact) mass is 250 g/mol. The summed E-state index contributed by atoms with van der Waals surface area (Å²) in [6.07, 6.45) is 1.35. The normalized spacial score (nSPS) is 13.2. The molecule has 0 heterocycles. The summed E-state index contributed by atoms with van der Waals surface area (Å²) in [5, 5.41) is -0.613. The Morgan fingerprint density at radius 3 is 2.12 bits per heavy atom. The predicted molar refractivity (Wildman–Crippen MR) is 59.0 cm³/mol. The van der Waals surface area contributed by atoms with Gasteiger partial charge >= 0.3 is 0 Å². The summed E-state index contributed by atoms with van der Waals surface area (Å²) >= 11 is 5.95. The maximum absolute atomic E-state index is 13.3. The third kappa shape index (κ3) is 3.41. The van der Waals surface area contributed by atoms with Crippen molar-refractivity contribution in [2.75, 3.05) is 0 Å². The van der Waals surface area contributed by atoms with Gasteiger partial charge in [-0.3, -0.25) is 0 Å². The lowest BCUT2D eigenvalue weighted by Crippen LogP contribution is -2.00. The van der Waals surface area contributed by atoms with E-state index in [-0.39, 0.29) is 5.56 Å². The highest BCUT2D eigenvalue weighted by Crippen LogP contribution is 2.30. The van der Waals surface area contributed by atoms with Gasteiger partial charge in [-0.2, -0.15) is 0 Å². The highest BCUT2D eigenvalue weighted by molar-refractivity contribution is 6.20. The molecule has 0 spiro atoms. The zero-order valence-electron chi connectivity index (χ0n) is 9.24. The third-order valence-electron chi connectivity index (χ3n) is 2.37. The van der Waals surface area contributed by atoms with Crippen molar-refractivity contribution in [3.8, 4) is 0 Å². The van der Waals surface area contributed by atoms with E-state index in [9.17, 15) is 13.2 Å². The number of hydrogen-bond acceptors (Lipinski definition) is 0. The van der Waals surface area contributed by atoms with E-state index in [2.05, 4.69) is 0 Å². The fourth-order valence-electron chi connectivity index (χ4n) is 1.41. The van der Waals surface area contributed by atoms with Crippen molar-refractivity contribution in [1.29, 1.82) is 0 Å². The highest BCUT2D eigenvalue weighted by Gasteiger charge is 2.17. The summed E-state index contributed by atoms with van der Waals surface area (Å²) in [4.78, 5) is 0. The largest absolute Gasteiger partial charge is 0.207 e. The number of hydrogen-bond donors (Lipinski definition) is 0. The summed E-state index contributed by atoms with van der Waals surface area (Å²) in [5.41, 5.74) is 0.0289. The number of halogens is 4. The molecule has 0 aliphatic carbocycles. The average Bonchev–Trinajstić information content (AvgIpc) is 2.20. The standard InChI is InChI=1S/C12H14ClF3/c1-7(2)3-4-9(13)8-5-11(15)12(16)6-10(8)14/h5-7,9H,3-4H2,1-2H3. The minimum Gasteiger partial charge on any atom is -0.207 e. The molecule has 0 nitrogen and oxygen atoms in total. The van der Waals surface area contributed by atoms with Crippen LogP contribution < -0.4 is 0 Å². The van der Waals surface area contributed by atoms with Crippen molar-refractivity contribution in [3.63, 3.8) is 0 Å². The fourth-order valence-corrected chi connectivity index (χ4v) is 1.71. The van der Waals surface area contributed by atoms with E-state index in [1.54, 1.807) is 0 Å². The molecule has 90 valence electrons. The van der Waals surface area contributed by atoms with Crippen molar-refractivity contribution in [2.24, 2.45) is 5.92 Å². The van der Waals surface area contributed by atoms with E-state index in [4.69, 9.17) is 11.6 Å². The van der Waals surface area contributed by atoms with Crippen LogP contribution in [0.25, 0.3) is 0 Å². The molecule has 0 bridgehead atoms. The van der Waals surface area contributed by atoms with Crippen molar-refractivity contribution in [3.05, 3.63) is 35.1 Å². The second-order valence-electron chi connectivity index (χ2n) is 4.23. The lowest BCUT2D eigenvalue weighted by molar-refractivity contribution is 0.484. The number of alkyl halides is 1. The Morgan fingerprint density at radius 2 is 1.56 bits per heavy atom. The van der Waals surface area contributed by atoms with Crippen molar-refractivity contribution in [1.82, 2.24) is 0 Å². The van der Waals surface area contributed by atoms with Crippen LogP contribution in [-0.4, -0.2) is 0 Å². The van der Waals surface area contributed by atoms with Gasteiger partial charge in [0, 0.05) is 11.6 Å². The van der Waals surface area contributed by atoms with E-state index in [0.29, 0.717) is 18.4 Å². The van der Waals surface area contributed by atoms with Crippen LogP contribution in [0, 0.1) is 23.4 Å². The first-order chi connectivity index (χ1) is 7.41. The summed E-state index contributed by atoms with van der Waals surface area (Å²) in [6.45, 7) is 4.04. The van der Waals surface area contributed by atoms with Gasteiger partial charge in [0.15, 0.2) is 11.6 Å². The van der Waals surface area contributed by atoms with Gasteiger partial charge in [-0.15, -0.1) is 11.6 Å². The Kier molecular flexibility index (Phi) is 4.66. The Labute approximate surface area is 98.4 Å². The molecule has 16 heavy (non-hydrogen) atoms. The average molecular weight is 251 g/mol. The first kappa shape index (κ1) is 13.4. The molecule has 1 unspecified atom stereocenters. The molecule has 0 radical (unpaired) electrons. The van der Waals surface area contributed by atoms with E-state index < -0.39 is 22.8 Å². The van der Waals surface area contributed by atoms with Crippen molar-refractivity contribution in [2.45, 2.75) is 32.1 Å². The fraction of sp³-hybridized carbons (Fsp3) is 0.500. The zero-order valence-corrected chi connectivity index (χ0v) is 9.99. The van der Waals surface area contributed by atoms with Crippen LogP contribution in [0.1, 0.15) is 37.6 Å². The SMILES string of the molecule is CC(C)CCC(Cl)c1cc(F)c(F)cc1F. The Balaban J connectivity index is 2.82. The van der Waals surface area contributed by atoms with Crippen LogP contribution in [0.3, 0.4) is 0 Å². The topological polar surface area (TPSA) is 0 Å². The predicted octanol–water partition coefficient (Wildman–Crippen LogP) is 4.82. The maximum atomic E-state index is 13.3. The molecule has 0 fully saturated rings. The van der Waals surface area contributed by atoms with Gasteiger partial charge < -0.3 is 0 Å². The minimum absolute atomic E-state index is 0.0289. The molecule has 0 amide bonds. The van der Waals surface area contributed by atoms with Gasteiger partial charge in [0.05, 0.1) is 5.38 Å². The van der Waals surface area contributed by atoms with Crippen LogP contribution >= 0.6 is 11.6 Å². The lowest BCUT2D eigenvalue weighted by atomic mass is 10.0. The van der Waals surface area contributed by atoms with Crippen molar-refractivity contribution < 1.29 is 13.2 Å². The summed E-state index contributed by atoms with van der Waals surface area (Å²) < 4.78 is 38.9. The van der Waals surface area contributed by atoms with Gasteiger partial charge in [0.1, 0.15) is 5.82 Å². The third-order valence-corrected chi connectivity index (χ3v) is 2.83. The molecule has 1 aromatic carbocycles. The van der Waals surface area contributed by atoms with Crippen LogP contribution in [0.2, 0.25) is 0 Å². The van der Waals surface area contributed by atoms with Gasteiger partial charge in [-0.05, 0) is 24.8 Å². The lowest BCUT2D eigenvalue weighted by Gasteiger charge is -2.12. The smallest absolute Gasteiger partial charge is 0.161 e. The van der Waals surface area contributed by atoms with E-state index in [1.165, 1.54) is 0 Å². The van der Waals surface area contributed by atoms with Gasteiger partial charge in [0.2, 0.25) is 0 Å². The molecule has 0 aromatic heterocycles. The zero-order chi connectivity index (χ0) is 12.3. The molecule has 4 heteroatoms. The van der Waals surface area contributed by atoms with E-state index >= 15 is 0 Å². The Morgan fingerprint density at radius 1 is 1.00 bits per heavy atom. The molecule has 0 saturated heterocycles. The minimum atomic E-state index is -1.19. The van der Waals surface area contributed by atoms with Crippen LogP contribution in [-0.2, 0) is 0 Å². The maximum Gasteiger partial charge on any atom is 0.161 e. The first-order valence-corrected chi connectivity index (χ1v) is 5.64. The van der Waals surface area contributed by atoms with E-state index in [1.807, 2.05) is 13.8 Å². The summed E-state index contributed by atoms with van der Waals surface area (Å²) in [5.74, 6) is -2.60. The highest BCUT2D eigenvalue weighted by atomic mass is 35.5. The Hall–Kier alpha value is -0.700. The second kappa shape index (κ2) is 5.58. The van der Waals surface area contributed by atoms with Gasteiger partial charge in [-0.25, -0.2) is 13.2 Å². The molecule has 0 aliphatic heterocycles.